The Hall–Kier alpha value is -1.59. The Morgan fingerprint density at radius 1 is 1.37 bits per heavy atom. The van der Waals surface area contributed by atoms with Crippen LogP contribution in [0.15, 0.2) is 24.4 Å². The van der Waals surface area contributed by atoms with Gasteiger partial charge in [0.1, 0.15) is 0 Å². The molecule has 3 rings (SSSR count). The summed E-state index contributed by atoms with van der Waals surface area (Å²) in [6, 6.07) is 5.70. The monoisotopic (exact) mass is 280 g/mol. The summed E-state index contributed by atoms with van der Waals surface area (Å²) in [6.45, 7) is 0.928. The molecule has 0 radical (unpaired) electrons. The van der Waals surface area contributed by atoms with Crippen LogP contribution in [-0.4, -0.2) is 28.7 Å². The van der Waals surface area contributed by atoms with Crippen LogP contribution >= 0.6 is 12.4 Å². The molecule has 1 aromatic heterocycles. The van der Waals surface area contributed by atoms with E-state index in [2.05, 4.69) is 20.8 Å². The van der Waals surface area contributed by atoms with Gasteiger partial charge in [0.25, 0.3) is 0 Å². The summed E-state index contributed by atoms with van der Waals surface area (Å²) < 4.78 is 0. The lowest BCUT2D eigenvalue weighted by atomic mass is 10.0. The second kappa shape index (κ2) is 6.04. The Kier molecular flexibility index (Phi) is 4.39. The second-order valence-electron chi connectivity index (χ2n) is 4.66. The minimum absolute atomic E-state index is 0. The lowest BCUT2D eigenvalue weighted by Gasteiger charge is -2.22. The molecule has 0 spiro atoms. The van der Waals surface area contributed by atoms with E-state index < -0.39 is 0 Å². The highest BCUT2D eigenvalue weighted by molar-refractivity contribution is 5.96. The number of aromatic amines is 1. The summed E-state index contributed by atoms with van der Waals surface area (Å²) in [7, 11) is 0. The molecule has 2 aromatic rings. The van der Waals surface area contributed by atoms with Gasteiger partial charge in [-0.2, -0.15) is 5.10 Å². The first kappa shape index (κ1) is 13.8. The number of halogens is 1. The smallest absolute Gasteiger partial charge is 0.241 e. The Labute approximate surface area is 117 Å². The maximum absolute atomic E-state index is 12.0. The number of hydrogen-bond acceptors (Lipinski definition) is 3. The van der Waals surface area contributed by atoms with Crippen LogP contribution in [0.2, 0.25) is 0 Å². The van der Waals surface area contributed by atoms with E-state index in [1.807, 2.05) is 18.2 Å². The molecule has 0 unspecified atom stereocenters. The first-order valence-electron chi connectivity index (χ1n) is 6.30. The molecule has 19 heavy (non-hydrogen) atoms. The molecule has 1 amide bonds. The molecule has 1 atom stereocenters. The predicted octanol–water partition coefficient (Wildman–Crippen LogP) is 2.07. The minimum atomic E-state index is -0.0591. The molecule has 5 nitrogen and oxygen atoms in total. The fourth-order valence-corrected chi connectivity index (χ4v) is 2.32. The van der Waals surface area contributed by atoms with Gasteiger partial charge in [0.15, 0.2) is 0 Å². The zero-order chi connectivity index (χ0) is 12.4. The van der Waals surface area contributed by atoms with Crippen molar-refractivity contribution in [1.29, 1.82) is 0 Å². The number of amides is 1. The molecule has 1 fully saturated rings. The summed E-state index contributed by atoms with van der Waals surface area (Å²) in [5.41, 5.74) is 1.74. The molecular weight excluding hydrogens is 264 g/mol. The Morgan fingerprint density at radius 3 is 3.05 bits per heavy atom. The van der Waals surface area contributed by atoms with Crippen molar-refractivity contribution in [3.63, 3.8) is 0 Å². The third kappa shape index (κ3) is 3.05. The van der Waals surface area contributed by atoms with Crippen molar-refractivity contribution in [3.05, 3.63) is 24.4 Å². The van der Waals surface area contributed by atoms with Crippen LogP contribution in [0, 0.1) is 0 Å². The number of carbonyl (C=O) groups excluding carboxylic acids is 1. The van der Waals surface area contributed by atoms with Gasteiger partial charge in [-0.05, 0) is 37.6 Å². The highest BCUT2D eigenvalue weighted by Crippen LogP contribution is 2.17. The number of carbonyl (C=O) groups is 1. The normalized spacial score (nSPS) is 18.8. The SMILES string of the molecule is Cl.O=C(Nc1ccc2cn[nH]c2c1)[C@H]1CCCCN1. The zero-order valence-electron chi connectivity index (χ0n) is 10.5. The number of benzene rings is 1. The van der Waals surface area contributed by atoms with Crippen LogP contribution in [-0.2, 0) is 4.79 Å². The van der Waals surface area contributed by atoms with E-state index in [-0.39, 0.29) is 24.4 Å². The van der Waals surface area contributed by atoms with Crippen LogP contribution < -0.4 is 10.6 Å². The Balaban J connectivity index is 0.00000133. The molecule has 2 heterocycles. The van der Waals surface area contributed by atoms with E-state index in [4.69, 9.17) is 0 Å². The van der Waals surface area contributed by atoms with Crippen molar-refractivity contribution in [2.75, 3.05) is 11.9 Å². The zero-order valence-corrected chi connectivity index (χ0v) is 11.3. The second-order valence-corrected chi connectivity index (χ2v) is 4.66. The number of aromatic nitrogens is 2. The molecule has 3 N–H and O–H groups in total. The largest absolute Gasteiger partial charge is 0.325 e. The van der Waals surface area contributed by atoms with Crippen molar-refractivity contribution in [2.45, 2.75) is 25.3 Å². The Bertz CT molecular complexity index is 563. The van der Waals surface area contributed by atoms with E-state index in [0.717, 1.165) is 42.4 Å². The molecule has 102 valence electrons. The van der Waals surface area contributed by atoms with Crippen molar-refractivity contribution in [1.82, 2.24) is 15.5 Å². The highest BCUT2D eigenvalue weighted by Gasteiger charge is 2.20. The fourth-order valence-electron chi connectivity index (χ4n) is 2.32. The van der Waals surface area contributed by atoms with Gasteiger partial charge >= 0.3 is 0 Å². The summed E-state index contributed by atoms with van der Waals surface area (Å²) in [4.78, 5) is 12.0. The summed E-state index contributed by atoms with van der Waals surface area (Å²) >= 11 is 0. The van der Waals surface area contributed by atoms with Gasteiger partial charge in [-0.15, -0.1) is 12.4 Å². The number of nitrogens with one attached hydrogen (secondary N) is 3. The standard InChI is InChI=1S/C13H16N4O.ClH/c18-13(11-3-1-2-6-14-11)16-10-5-4-9-8-15-17-12(9)7-10;/h4-5,7-8,11,14H,1-3,6H2,(H,15,17)(H,16,18);1H/t11-;/m1./s1. The number of nitrogens with zero attached hydrogens (tertiary/aromatic N) is 1. The number of H-pyrrole nitrogens is 1. The molecule has 6 heteroatoms. The van der Waals surface area contributed by atoms with Gasteiger partial charge in [0.2, 0.25) is 5.91 Å². The topological polar surface area (TPSA) is 69.8 Å². The van der Waals surface area contributed by atoms with Gasteiger partial charge in [-0.25, -0.2) is 0 Å². The minimum Gasteiger partial charge on any atom is -0.325 e. The van der Waals surface area contributed by atoms with Crippen LogP contribution in [0.1, 0.15) is 19.3 Å². The quantitative estimate of drug-likeness (QED) is 0.789. The number of hydrogen-bond donors (Lipinski definition) is 3. The van der Waals surface area contributed by atoms with Gasteiger partial charge in [-0.3, -0.25) is 9.89 Å². The van der Waals surface area contributed by atoms with E-state index in [9.17, 15) is 4.79 Å². The first-order chi connectivity index (χ1) is 8.83. The van der Waals surface area contributed by atoms with E-state index in [1.54, 1.807) is 6.20 Å². The van der Waals surface area contributed by atoms with E-state index in [1.165, 1.54) is 0 Å². The first-order valence-corrected chi connectivity index (χ1v) is 6.30. The van der Waals surface area contributed by atoms with Gasteiger partial charge in [0.05, 0.1) is 17.8 Å². The average molecular weight is 281 g/mol. The lowest BCUT2D eigenvalue weighted by molar-refractivity contribution is -0.118. The van der Waals surface area contributed by atoms with Crippen LogP contribution in [0.25, 0.3) is 10.9 Å². The Morgan fingerprint density at radius 2 is 2.26 bits per heavy atom. The summed E-state index contributed by atoms with van der Waals surface area (Å²) in [6.07, 6.45) is 4.95. The summed E-state index contributed by atoms with van der Waals surface area (Å²) in [5.74, 6) is 0.0496. The van der Waals surface area contributed by atoms with E-state index in [0.29, 0.717) is 0 Å². The molecule has 1 aliphatic heterocycles. The number of fused-ring (bicyclic) bond motifs is 1. The highest BCUT2D eigenvalue weighted by atomic mass is 35.5. The van der Waals surface area contributed by atoms with Gasteiger partial charge < -0.3 is 10.6 Å². The number of rotatable bonds is 2. The maximum Gasteiger partial charge on any atom is 0.241 e. The van der Waals surface area contributed by atoms with Crippen LogP contribution in [0.4, 0.5) is 5.69 Å². The van der Waals surface area contributed by atoms with Crippen molar-refractivity contribution in [2.24, 2.45) is 0 Å². The molecular formula is C13H17ClN4O. The molecule has 0 bridgehead atoms. The summed E-state index contributed by atoms with van der Waals surface area (Å²) in [5, 5.41) is 14.1. The number of piperidine rings is 1. The van der Waals surface area contributed by atoms with Crippen LogP contribution in [0.3, 0.4) is 0 Å². The van der Waals surface area contributed by atoms with Gasteiger partial charge in [0, 0.05) is 11.1 Å². The molecule has 1 saturated heterocycles. The maximum atomic E-state index is 12.0. The average Bonchev–Trinajstić information content (AvgIpc) is 2.87. The number of anilines is 1. The van der Waals surface area contributed by atoms with E-state index >= 15 is 0 Å². The van der Waals surface area contributed by atoms with Crippen molar-refractivity contribution < 1.29 is 4.79 Å². The molecule has 0 aliphatic carbocycles. The van der Waals surface area contributed by atoms with Gasteiger partial charge in [-0.1, -0.05) is 6.42 Å². The molecule has 1 aliphatic rings. The fraction of sp³-hybridized carbons (Fsp3) is 0.385. The third-order valence-electron chi connectivity index (χ3n) is 3.34. The lowest BCUT2D eigenvalue weighted by Crippen LogP contribution is -2.43. The molecule has 1 aromatic carbocycles. The predicted molar refractivity (Wildman–Crippen MR) is 77.6 cm³/mol. The molecule has 0 saturated carbocycles. The van der Waals surface area contributed by atoms with Crippen molar-refractivity contribution >= 4 is 34.9 Å². The van der Waals surface area contributed by atoms with Crippen LogP contribution in [0.5, 0.6) is 0 Å². The third-order valence-corrected chi connectivity index (χ3v) is 3.34. The van der Waals surface area contributed by atoms with Crippen molar-refractivity contribution in [3.8, 4) is 0 Å².